The highest BCUT2D eigenvalue weighted by molar-refractivity contribution is 5.71. The zero-order chi connectivity index (χ0) is 22.0. The van der Waals surface area contributed by atoms with E-state index in [1.165, 1.54) is 0 Å². The topological polar surface area (TPSA) is 150 Å². The number of carbonyl (C=O) groups is 2. The van der Waals surface area contributed by atoms with Crippen molar-refractivity contribution < 1.29 is 61.0 Å². The Morgan fingerprint density at radius 1 is 1.07 bits per heavy atom. The average molecular weight is 418 g/mol. The van der Waals surface area contributed by atoms with E-state index in [4.69, 9.17) is 24.3 Å². The van der Waals surface area contributed by atoms with Crippen molar-refractivity contribution in [3.8, 4) is 11.4 Å². The molecule has 0 saturated carbocycles. The van der Waals surface area contributed by atoms with E-state index in [0.29, 0.717) is 18.3 Å². The molecule has 0 bridgehead atoms. The quantitative estimate of drug-likeness (QED) is 0.558. The predicted octanol–water partition coefficient (Wildman–Crippen LogP) is -2.16. The fourth-order valence-corrected chi connectivity index (χ4v) is 1.17. The Labute approximate surface area is 152 Å². The van der Waals surface area contributed by atoms with Crippen molar-refractivity contribution in [1.29, 1.82) is 0 Å². The Morgan fingerprint density at radius 3 is 1.86 bits per heavy atom. The highest BCUT2D eigenvalue weighted by Gasteiger charge is 2.29. The minimum Gasteiger partial charge on any atom is -0.542 e. The number of pyridine rings is 1. The first-order valence-corrected chi connectivity index (χ1v) is 6.92. The van der Waals surface area contributed by atoms with Gasteiger partial charge in [-0.25, -0.2) is 4.98 Å². The van der Waals surface area contributed by atoms with Crippen LogP contribution < -0.4 is 20.5 Å². The SMILES string of the molecule is C[NH2+]Cc1nc(-c2cc[nH+]cc2)no1.O=C([O-])C(F)(F)F.O=C([O-])C(F)(F)F. The molecule has 156 valence electrons. The molecule has 0 aliphatic carbocycles. The van der Waals surface area contributed by atoms with Crippen LogP contribution in [-0.4, -0.2) is 41.5 Å². The van der Waals surface area contributed by atoms with E-state index in [1.54, 1.807) is 0 Å². The number of halogens is 6. The molecule has 2 aromatic rings. The molecule has 0 aromatic carbocycles. The molecule has 0 saturated heterocycles. The Kier molecular flexibility index (Phi) is 9.56. The zero-order valence-electron chi connectivity index (χ0n) is 13.8. The van der Waals surface area contributed by atoms with E-state index in [2.05, 4.69) is 15.1 Å². The standard InChI is InChI=1S/C9H10N4O.2C2HF3O2/c1-10-6-8-12-9(13-14-8)7-2-4-11-5-3-7;2*3-2(4,5)1(6)7/h2-5,10H,6H2,1H3;2*(H,6,7). The molecule has 28 heavy (non-hydrogen) atoms. The summed E-state index contributed by atoms with van der Waals surface area (Å²) < 4.78 is 68.2. The Hall–Kier alpha value is -3.23. The number of rotatable bonds is 3. The second-order valence-corrected chi connectivity index (χ2v) is 4.48. The number of aromatic nitrogens is 3. The van der Waals surface area contributed by atoms with Crippen LogP contribution in [0.1, 0.15) is 5.89 Å². The van der Waals surface area contributed by atoms with Crippen molar-refractivity contribution in [2.75, 3.05) is 7.05 Å². The normalized spacial score (nSPS) is 10.8. The van der Waals surface area contributed by atoms with Crippen LogP contribution in [-0.2, 0) is 16.1 Å². The van der Waals surface area contributed by atoms with Crippen LogP contribution >= 0.6 is 0 Å². The third-order valence-corrected chi connectivity index (χ3v) is 2.29. The van der Waals surface area contributed by atoms with Gasteiger partial charge in [-0.15, -0.1) is 0 Å². The number of hydrogen-bond acceptors (Lipinski definition) is 7. The van der Waals surface area contributed by atoms with Crippen molar-refractivity contribution >= 4 is 11.9 Å². The number of carbonyl (C=O) groups excluding carboxylic acids is 2. The summed E-state index contributed by atoms with van der Waals surface area (Å²) in [5.41, 5.74) is 0.954. The Morgan fingerprint density at radius 2 is 1.50 bits per heavy atom. The summed E-state index contributed by atoms with van der Waals surface area (Å²) in [5.74, 6) is -4.73. The van der Waals surface area contributed by atoms with Crippen LogP contribution in [0.15, 0.2) is 29.0 Å². The summed E-state index contributed by atoms with van der Waals surface area (Å²) in [6, 6.07) is 3.81. The second kappa shape index (κ2) is 10.8. The van der Waals surface area contributed by atoms with Gasteiger partial charge in [0.15, 0.2) is 18.9 Å². The van der Waals surface area contributed by atoms with Crippen molar-refractivity contribution in [3.63, 3.8) is 0 Å². The van der Waals surface area contributed by atoms with E-state index < -0.39 is 24.3 Å². The number of carboxylic acids is 2. The molecule has 2 heterocycles. The maximum absolute atomic E-state index is 10.5. The third kappa shape index (κ3) is 10.0. The van der Waals surface area contributed by atoms with Gasteiger partial charge in [0, 0.05) is 17.7 Å². The predicted molar refractivity (Wildman–Crippen MR) is 70.0 cm³/mol. The van der Waals surface area contributed by atoms with Crippen LogP contribution in [0.25, 0.3) is 11.4 Å². The van der Waals surface area contributed by atoms with E-state index in [0.717, 1.165) is 5.56 Å². The summed E-state index contributed by atoms with van der Waals surface area (Å²) >= 11 is 0. The lowest BCUT2D eigenvalue weighted by atomic mass is 10.2. The van der Waals surface area contributed by atoms with Crippen molar-refractivity contribution in [3.05, 3.63) is 30.4 Å². The molecule has 0 aliphatic rings. The maximum Gasteiger partial charge on any atom is 0.430 e. The molecule has 9 nitrogen and oxygen atoms in total. The fourth-order valence-electron chi connectivity index (χ4n) is 1.17. The zero-order valence-corrected chi connectivity index (χ0v) is 13.8. The van der Waals surface area contributed by atoms with Gasteiger partial charge in [-0.05, 0) is 0 Å². The Bertz CT molecular complexity index is 724. The van der Waals surface area contributed by atoms with Crippen molar-refractivity contribution in [1.82, 2.24) is 10.1 Å². The number of nitrogens with two attached hydrogens (primary N) is 1. The lowest BCUT2D eigenvalue weighted by molar-refractivity contribution is -0.645. The maximum atomic E-state index is 10.5. The van der Waals surface area contributed by atoms with Gasteiger partial charge in [-0.3, -0.25) is 0 Å². The highest BCUT2D eigenvalue weighted by atomic mass is 19.4. The molecule has 0 fully saturated rings. The summed E-state index contributed by atoms with van der Waals surface area (Å²) in [4.78, 5) is 24.8. The number of alkyl halides is 6. The molecular formula is C13H12F6N4O5. The van der Waals surface area contributed by atoms with E-state index in [1.807, 2.05) is 36.9 Å². The molecule has 15 heteroatoms. The minimum atomic E-state index is -5.19. The van der Waals surface area contributed by atoms with Gasteiger partial charge < -0.3 is 29.6 Å². The van der Waals surface area contributed by atoms with Gasteiger partial charge in [0.2, 0.25) is 5.82 Å². The van der Waals surface area contributed by atoms with E-state index in [9.17, 15) is 26.3 Å². The molecule has 2 rings (SSSR count). The largest absolute Gasteiger partial charge is 0.542 e. The van der Waals surface area contributed by atoms with Gasteiger partial charge in [0.05, 0.1) is 7.05 Å². The first kappa shape index (κ1) is 24.8. The van der Waals surface area contributed by atoms with Crippen LogP contribution in [0, 0.1) is 0 Å². The molecule has 0 atom stereocenters. The number of nitrogens with zero attached hydrogens (tertiary/aromatic N) is 2. The van der Waals surface area contributed by atoms with Gasteiger partial charge in [-0.2, -0.15) is 31.3 Å². The van der Waals surface area contributed by atoms with Crippen molar-refractivity contribution in [2.24, 2.45) is 0 Å². The molecule has 0 unspecified atom stereocenters. The second-order valence-electron chi connectivity index (χ2n) is 4.48. The number of hydrogen-bond donors (Lipinski definition) is 1. The van der Waals surface area contributed by atoms with E-state index >= 15 is 0 Å². The lowest BCUT2D eigenvalue weighted by Crippen LogP contribution is -2.77. The summed E-state index contributed by atoms with van der Waals surface area (Å²) in [5, 5.41) is 23.4. The number of H-pyrrole nitrogens is 1. The molecule has 2 aromatic heterocycles. The number of carboxylic acid groups (broad SMARTS) is 2. The number of nitrogens with one attached hydrogen (secondary N) is 1. The van der Waals surface area contributed by atoms with Crippen molar-refractivity contribution in [2.45, 2.75) is 18.9 Å². The highest BCUT2D eigenvalue weighted by Crippen LogP contribution is 2.13. The van der Waals surface area contributed by atoms with Gasteiger partial charge >= 0.3 is 12.4 Å². The first-order valence-electron chi connectivity index (χ1n) is 6.92. The number of quaternary nitrogens is 1. The number of aliphatic carboxylic acids is 2. The summed E-state index contributed by atoms with van der Waals surface area (Å²) in [6.07, 6.45) is -6.73. The fraction of sp³-hybridized carbons (Fsp3) is 0.308. The molecular weight excluding hydrogens is 406 g/mol. The van der Waals surface area contributed by atoms with Gasteiger partial charge in [0.25, 0.3) is 5.89 Å². The van der Waals surface area contributed by atoms with Gasteiger partial charge in [-0.1, -0.05) is 5.16 Å². The monoisotopic (exact) mass is 418 g/mol. The van der Waals surface area contributed by atoms with Crippen LogP contribution in [0.2, 0.25) is 0 Å². The first-order chi connectivity index (χ1) is 12.8. The molecule has 0 aliphatic heterocycles. The molecule has 0 spiro atoms. The van der Waals surface area contributed by atoms with E-state index in [-0.39, 0.29) is 0 Å². The van der Waals surface area contributed by atoms with Crippen LogP contribution in [0.3, 0.4) is 0 Å². The average Bonchev–Trinajstić information content (AvgIpc) is 3.04. The summed E-state index contributed by atoms with van der Waals surface area (Å²) in [7, 11) is 1.96. The number of aromatic amines is 1. The van der Waals surface area contributed by atoms with Crippen LogP contribution in [0.4, 0.5) is 26.3 Å². The molecule has 0 radical (unpaired) electrons. The smallest absolute Gasteiger partial charge is 0.430 e. The van der Waals surface area contributed by atoms with Gasteiger partial charge in [0.1, 0.15) is 11.9 Å². The van der Waals surface area contributed by atoms with Crippen LogP contribution in [0.5, 0.6) is 0 Å². The lowest BCUT2D eigenvalue weighted by Gasteiger charge is -2.03. The Balaban J connectivity index is 0.000000444. The minimum absolute atomic E-state index is 0.635. The third-order valence-electron chi connectivity index (χ3n) is 2.29. The molecule has 3 N–H and O–H groups in total. The molecule has 0 amide bonds. The summed E-state index contributed by atoms with van der Waals surface area (Å²) in [6.45, 7) is 0.714.